The molecule has 9 heteroatoms. The average molecular weight is 435 g/mol. The number of hydrogen-bond acceptors (Lipinski definition) is 8. The minimum atomic E-state index is -0.710. The van der Waals surface area contributed by atoms with Gasteiger partial charge >= 0.3 is 5.97 Å². The second-order valence-corrected chi connectivity index (χ2v) is 8.13. The molecule has 1 fully saturated rings. The van der Waals surface area contributed by atoms with Crippen molar-refractivity contribution in [2.45, 2.75) is 39.3 Å². The van der Waals surface area contributed by atoms with E-state index < -0.39 is 12.0 Å². The lowest BCUT2D eigenvalue weighted by molar-refractivity contribution is -0.143. The third kappa shape index (κ3) is 3.98. The van der Waals surface area contributed by atoms with Gasteiger partial charge in [0.25, 0.3) is 0 Å². The van der Waals surface area contributed by atoms with Crippen molar-refractivity contribution < 1.29 is 28.5 Å². The fourth-order valence-electron chi connectivity index (χ4n) is 3.51. The number of benzene rings is 1. The van der Waals surface area contributed by atoms with Crippen LogP contribution < -0.4 is 14.2 Å². The number of esters is 1. The standard InChI is InChI=1S/C21H26N2O6S/c1-11(2)29-20(25)17-12(3)22-21-23(16(24)7-8-30-21)18(17)13-9-14(26-4)19(28-6)15(10-13)27-5/h9-11,18H,7-8H2,1-6H3/t18-/m1/s1. The molecule has 0 unspecified atom stereocenters. The van der Waals surface area contributed by atoms with Gasteiger partial charge in [0.2, 0.25) is 11.7 Å². The highest BCUT2D eigenvalue weighted by atomic mass is 32.2. The molecule has 2 heterocycles. The summed E-state index contributed by atoms with van der Waals surface area (Å²) in [5.74, 6) is 1.33. The van der Waals surface area contributed by atoms with Gasteiger partial charge in [-0.25, -0.2) is 9.79 Å². The Bertz CT molecular complexity index is 899. The molecular formula is C21H26N2O6S. The number of carbonyl (C=O) groups excluding carboxylic acids is 2. The molecule has 3 rings (SSSR count). The first kappa shape index (κ1) is 22.0. The highest BCUT2D eigenvalue weighted by molar-refractivity contribution is 8.14. The van der Waals surface area contributed by atoms with E-state index in [2.05, 4.69) is 4.99 Å². The molecular weight excluding hydrogens is 408 g/mol. The van der Waals surface area contributed by atoms with Gasteiger partial charge in [-0.15, -0.1) is 0 Å². The monoisotopic (exact) mass is 434 g/mol. The van der Waals surface area contributed by atoms with Gasteiger partial charge in [0, 0.05) is 12.2 Å². The molecule has 2 aliphatic rings. The van der Waals surface area contributed by atoms with Crippen LogP contribution in [-0.4, -0.2) is 55.1 Å². The minimum Gasteiger partial charge on any atom is -0.493 e. The molecule has 8 nitrogen and oxygen atoms in total. The lowest BCUT2D eigenvalue weighted by Crippen LogP contribution is -2.46. The molecule has 1 aromatic rings. The summed E-state index contributed by atoms with van der Waals surface area (Å²) in [5, 5.41) is 0.573. The molecule has 1 atom stereocenters. The molecule has 1 saturated heterocycles. The first-order valence-electron chi connectivity index (χ1n) is 9.57. The smallest absolute Gasteiger partial charge is 0.338 e. The molecule has 2 aliphatic heterocycles. The number of amides is 1. The maximum Gasteiger partial charge on any atom is 0.338 e. The first-order valence-corrected chi connectivity index (χ1v) is 10.6. The molecule has 0 bridgehead atoms. The van der Waals surface area contributed by atoms with Crippen molar-refractivity contribution in [1.29, 1.82) is 0 Å². The molecule has 1 aromatic carbocycles. The van der Waals surface area contributed by atoms with Crippen LogP contribution in [0.15, 0.2) is 28.4 Å². The topological polar surface area (TPSA) is 86.7 Å². The van der Waals surface area contributed by atoms with Crippen LogP contribution in [0.1, 0.15) is 38.8 Å². The van der Waals surface area contributed by atoms with Gasteiger partial charge in [-0.2, -0.15) is 0 Å². The average Bonchev–Trinajstić information content (AvgIpc) is 2.71. The summed E-state index contributed by atoms with van der Waals surface area (Å²) in [4.78, 5) is 32.0. The van der Waals surface area contributed by atoms with Crippen LogP contribution in [0.3, 0.4) is 0 Å². The highest BCUT2D eigenvalue weighted by Crippen LogP contribution is 2.46. The maximum atomic E-state index is 13.0. The number of fused-ring (bicyclic) bond motifs is 1. The Kier molecular flexibility index (Phi) is 6.60. The molecule has 0 spiro atoms. The number of aliphatic imine (C=N–C) groups is 1. The SMILES string of the molecule is COc1cc([C@@H]2C(C(=O)OC(C)C)=C(C)N=C3SCCC(=O)N32)cc(OC)c1OC. The first-order chi connectivity index (χ1) is 14.3. The molecule has 0 N–H and O–H groups in total. The fraction of sp³-hybridized carbons (Fsp3) is 0.476. The molecule has 30 heavy (non-hydrogen) atoms. The summed E-state index contributed by atoms with van der Waals surface area (Å²) in [7, 11) is 4.56. The summed E-state index contributed by atoms with van der Waals surface area (Å²) in [5.41, 5.74) is 1.48. The lowest BCUT2D eigenvalue weighted by Gasteiger charge is -2.39. The molecule has 162 valence electrons. The quantitative estimate of drug-likeness (QED) is 0.635. The van der Waals surface area contributed by atoms with E-state index in [9.17, 15) is 9.59 Å². The van der Waals surface area contributed by atoms with Gasteiger partial charge in [-0.1, -0.05) is 11.8 Å². The Morgan fingerprint density at radius 3 is 2.33 bits per heavy atom. The zero-order chi connectivity index (χ0) is 22.0. The van der Waals surface area contributed by atoms with Crippen LogP contribution in [0.25, 0.3) is 0 Å². The van der Waals surface area contributed by atoms with E-state index in [-0.39, 0.29) is 12.0 Å². The van der Waals surface area contributed by atoms with Gasteiger partial charge < -0.3 is 18.9 Å². The van der Waals surface area contributed by atoms with Crippen LogP contribution >= 0.6 is 11.8 Å². The summed E-state index contributed by atoms with van der Waals surface area (Å²) < 4.78 is 21.9. The summed E-state index contributed by atoms with van der Waals surface area (Å²) in [6.07, 6.45) is 0.0473. The number of allylic oxidation sites excluding steroid dienone is 1. The van der Waals surface area contributed by atoms with Gasteiger partial charge in [0.05, 0.1) is 44.7 Å². The van der Waals surface area contributed by atoms with E-state index in [4.69, 9.17) is 18.9 Å². The minimum absolute atomic E-state index is 0.103. The van der Waals surface area contributed by atoms with Crippen molar-refractivity contribution >= 4 is 28.8 Å². The van der Waals surface area contributed by atoms with Crippen molar-refractivity contribution in [3.63, 3.8) is 0 Å². The van der Waals surface area contributed by atoms with Crippen LogP contribution in [-0.2, 0) is 14.3 Å². The van der Waals surface area contributed by atoms with Crippen LogP contribution in [0.2, 0.25) is 0 Å². The maximum absolute atomic E-state index is 13.0. The number of thioether (sulfide) groups is 1. The number of nitrogens with zero attached hydrogens (tertiary/aromatic N) is 2. The Labute approximate surface area is 180 Å². The Morgan fingerprint density at radius 2 is 1.80 bits per heavy atom. The largest absolute Gasteiger partial charge is 0.493 e. The number of hydrogen-bond donors (Lipinski definition) is 0. The fourth-order valence-corrected chi connectivity index (χ4v) is 4.52. The predicted octanol–water partition coefficient (Wildman–Crippen LogP) is 3.31. The van der Waals surface area contributed by atoms with E-state index in [0.29, 0.717) is 51.4 Å². The summed E-state index contributed by atoms with van der Waals surface area (Å²) >= 11 is 1.49. The zero-order valence-electron chi connectivity index (χ0n) is 18.0. The third-order valence-corrected chi connectivity index (χ3v) is 5.73. The number of methoxy groups -OCH3 is 3. The van der Waals surface area contributed by atoms with Gasteiger partial charge in [-0.05, 0) is 38.5 Å². The van der Waals surface area contributed by atoms with Gasteiger partial charge in [0.1, 0.15) is 0 Å². The second-order valence-electron chi connectivity index (χ2n) is 7.07. The number of rotatable bonds is 6. The van der Waals surface area contributed by atoms with E-state index in [0.717, 1.165) is 0 Å². The molecule has 0 aromatic heterocycles. The van der Waals surface area contributed by atoms with Crippen LogP contribution in [0.5, 0.6) is 17.2 Å². The highest BCUT2D eigenvalue weighted by Gasteiger charge is 2.42. The van der Waals surface area contributed by atoms with Crippen LogP contribution in [0.4, 0.5) is 0 Å². The second kappa shape index (κ2) is 8.99. The molecule has 1 amide bonds. The number of carbonyl (C=O) groups is 2. The summed E-state index contributed by atoms with van der Waals surface area (Å²) in [6, 6.07) is 2.78. The van der Waals surface area contributed by atoms with Gasteiger partial charge in [-0.3, -0.25) is 9.69 Å². The normalized spacial score (nSPS) is 18.8. The van der Waals surface area contributed by atoms with E-state index in [1.165, 1.54) is 33.1 Å². The molecule has 0 saturated carbocycles. The van der Waals surface area contributed by atoms with Crippen molar-refractivity contribution in [3.8, 4) is 17.2 Å². The van der Waals surface area contributed by atoms with Crippen molar-refractivity contribution in [2.75, 3.05) is 27.1 Å². The van der Waals surface area contributed by atoms with Crippen molar-refractivity contribution in [2.24, 2.45) is 4.99 Å². The Balaban J connectivity index is 2.23. The Morgan fingerprint density at radius 1 is 1.17 bits per heavy atom. The van der Waals surface area contributed by atoms with E-state index in [1.54, 1.807) is 37.8 Å². The van der Waals surface area contributed by atoms with Crippen molar-refractivity contribution in [3.05, 3.63) is 29.0 Å². The number of amidine groups is 1. The Hall–Kier alpha value is -2.68. The van der Waals surface area contributed by atoms with E-state index >= 15 is 0 Å². The zero-order valence-corrected chi connectivity index (χ0v) is 18.8. The van der Waals surface area contributed by atoms with E-state index in [1.807, 2.05) is 0 Å². The summed E-state index contributed by atoms with van der Waals surface area (Å²) in [6.45, 7) is 5.31. The van der Waals surface area contributed by atoms with Gasteiger partial charge in [0.15, 0.2) is 16.7 Å². The lowest BCUT2D eigenvalue weighted by atomic mass is 9.93. The van der Waals surface area contributed by atoms with Crippen LogP contribution in [0, 0.1) is 0 Å². The molecule has 0 radical (unpaired) electrons. The molecule has 0 aliphatic carbocycles. The third-order valence-electron chi connectivity index (χ3n) is 4.77. The predicted molar refractivity (Wildman–Crippen MR) is 114 cm³/mol. The van der Waals surface area contributed by atoms with Crippen molar-refractivity contribution in [1.82, 2.24) is 4.90 Å². The number of ether oxygens (including phenoxy) is 4.